The maximum atomic E-state index is 10.3. The number of imidazole rings is 1. The lowest BCUT2D eigenvalue weighted by atomic mass is 10.1. The van der Waals surface area contributed by atoms with E-state index in [1.807, 2.05) is 28.8 Å². The fraction of sp³-hybridized carbons (Fsp3) is 0.400. The summed E-state index contributed by atoms with van der Waals surface area (Å²) in [5, 5.41) is 10.3. The second-order valence-corrected chi connectivity index (χ2v) is 4.58. The summed E-state index contributed by atoms with van der Waals surface area (Å²) in [7, 11) is 1.64. The number of aliphatic hydroxyl groups excluding tert-OH is 1. The molecule has 1 atom stereocenters. The van der Waals surface area contributed by atoms with Gasteiger partial charge in [0.05, 0.1) is 31.4 Å². The molecule has 2 aromatic rings. The molecule has 1 aromatic carbocycles. The predicted molar refractivity (Wildman–Crippen MR) is 74.2 cm³/mol. The van der Waals surface area contributed by atoms with E-state index in [1.165, 1.54) is 0 Å². The van der Waals surface area contributed by atoms with Crippen molar-refractivity contribution in [2.45, 2.75) is 32.4 Å². The minimum Gasteiger partial charge on any atom is -0.497 e. The SMILES string of the molecule is CCCn1cncc1C(O)Cc1cccc(OC)c1. The molecule has 0 saturated heterocycles. The Labute approximate surface area is 113 Å². The Morgan fingerprint density at radius 2 is 2.26 bits per heavy atom. The average Bonchev–Trinajstić information content (AvgIpc) is 2.88. The molecular weight excluding hydrogens is 240 g/mol. The van der Waals surface area contributed by atoms with E-state index in [4.69, 9.17) is 4.74 Å². The molecule has 0 amide bonds. The molecule has 0 aliphatic rings. The van der Waals surface area contributed by atoms with Crippen LogP contribution in [-0.4, -0.2) is 21.8 Å². The Bertz CT molecular complexity index is 522. The molecule has 1 N–H and O–H groups in total. The molecule has 4 heteroatoms. The van der Waals surface area contributed by atoms with Crippen LogP contribution in [-0.2, 0) is 13.0 Å². The number of methoxy groups -OCH3 is 1. The Morgan fingerprint density at radius 1 is 1.42 bits per heavy atom. The Morgan fingerprint density at radius 3 is 3.00 bits per heavy atom. The summed E-state index contributed by atoms with van der Waals surface area (Å²) in [5.74, 6) is 0.812. The van der Waals surface area contributed by atoms with Crippen LogP contribution in [0.4, 0.5) is 0 Å². The molecular formula is C15H20N2O2. The normalized spacial score (nSPS) is 12.4. The number of benzene rings is 1. The van der Waals surface area contributed by atoms with Crippen molar-refractivity contribution >= 4 is 0 Å². The number of nitrogens with zero attached hydrogens (tertiary/aromatic N) is 2. The zero-order chi connectivity index (χ0) is 13.7. The summed E-state index contributed by atoms with van der Waals surface area (Å²) >= 11 is 0. The molecule has 2 rings (SSSR count). The van der Waals surface area contributed by atoms with Crippen molar-refractivity contribution in [1.82, 2.24) is 9.55 Å². The van der Waals surface area contributed by atoms with E-state index >= 15 is 0 Å². The van der Waals surface area contributed by atoms with Crippen molar-refractivity contribution < 1.29 is 9.84 Å². The number of aliphatic hydroxyl groups is 1. The lowest BCUT2D eigenvalue weighted by Crippen LogP contribution is -2.09. The fourth-order valence-corrected chi connectivity index (χ4v) is 2.16. The van der Waals surface area contributed by atoms with E-state index in [2.05, 4.69) is 11.9 Å². The number of aromatic nitrogens is 2. The topological polar surface area (TPSA) is 47.3 Å². The quantitative estimate of drug-likeness (QED) is 0.868. The average molecular weight is 260 g/mol. The van der Waals surface area contributed by atoms with E-state index in [0.717, 1.165) is 30.0 Å². The number of aryl methyl sites for hydroxylation is 1. The molecule has 0 saturated carbocycles. The van der Waals surface area contributed by atoms with Gasteiger partial charge in [-0.2, -0.15) is 0 Å². The Balaban J connectivity index is 2.11. The molecule has 0 fully saturated rings. The van der Waals surface area contributed by atoms with Gasteiger partial charge >= 0.3 is 0 Å². The zero-order valence-electron chi connectivity index (χ0n) is 11.4. The zero-order valence-corrected chi connectivity index (χ0v) is 11.4. The summed E-state index contributed by atoms with van der Waals surface area (Å²) in [5.41, 5.74) is 1.92. The molecule has 1 unspecified atom stereocenters. The van der Waals surface area contributed by atoms with Gasteiger partial charge in [0.1, 0.15) is 5.75 Å². The van der Waals surface area contributed by atoms with Crippen LogP contribution in [0.25, 0.3) is 0 Å². The van der Waals surface area contributed by atoms with Crippen molar-refractivity contribution in [3.8, 4) is 5.75 Å². The number of rotatable bonds is 6. The third-order valence-electron chi connectivity index (χ3n) is 3.11. The molecule has 1 heterocycles. The maximum absolute atomic E-state index is 10.3. The second-order valence-electron chi connectivity index (χ2n) is 4.58. The van der Waals surface area contributed by atoms with Gasteiger partial charge in [0.25, 0.3) is 0 Å². The minimum atomic E-state index is -0.541. The smallest absolute Gasteiger partial charge is 0.119 e. The van der Waals surface area contributed by atoms with Crippen molar-refractivity contribution in [2.75, 3.05) is 7.11 Å². The van der Waals surface area contributed by atoms with Crippen molar-refractivity contribution in [1.29, 1.82) is 0 Å². The molecule has 19 heavy (non-hydrogen) atoms. The monoisotopic (exact) mass is 260 g/mol. The fourth-order valence-electron chi connectivity index (χ4n) is 2.16. The number of hydrogen-bond acceptors (Lipinski definition) is 3. The standard InChI is InChI=1S/C15H20N2O2/c1-3-7-17-11-16-10-14(17)15(18)9-12-5-4-6-13(8-12)19-2/h4-6,8,10-11,15,18H,3,7,9H2,1-2H3. The van der Waals surface area contributed by atoms with Gasteiger partial charge in [0.15, 0.2) is 0 Å². The molecule has 102 valence electrons. The van der Waals surface area contributed by atoms with Crippen LogP contribution in [0, 0.1) is 0 Å². The van der Waals surface area contributed by atoms with Crippen LogP contribution >= 0.6 is 0 Å². The summed E-state index contributed by atoms with van der Waals surface area (Å²) in [6, 6.07) is 7.78. The Hall–Kier alpha value is -1.81. The second kappa shape index (κ2) is 6.38. The van der Waals surface area contributed by atoms with Crippen LogP contribution in [0.15, 0.2) is 36.8 Å². The summed E-state index contributed by atoms with van der Waals surface area (Å²) < 4.78 is 7.20. The molecule has 0 radical (unpaired) electrons. The van der Waals surface area contributed by atoms with Crippen molar-refractivity contribution in [3.63, 3.8) is 0 Å². The van der Waals surface area contributed by atoms with Gasteiger partial charge in [0.2, 0.25) is 0 Å². The molecule has 0 aliphatic heterocycles. The third kappa shape index (κ3) is 3.35. The van der Waals surface area contributed by atoms with E-state index in [-0.39, 0.29) is 0 Å². The first-order valence-electron chi connectivity index (χ1n) is 6.55. The van der Waals surface area contributed by atoms with Crippen LogP contribution in [0.3, 0.4) is 0 Å². The largest absolute Gasteiger partial charge is 0.497 e. The highest BCUT2D eigenvalue weighted by Gasteiger charge is 2.13. The van der Waals surface area contributed by atoms with Gasteiger partial charge in [-0.05, 0) is 24.1 Å². The molecule has 0 bridgehead atoms. The molecule has 0 aliphatic carbocycles. The lowest BCUT2D eigenvalue weighted by molar-refractivity contribution is 0.168. The molecule has 1 aromatic heterocycles. The molecule has 4 nitrogen and oxygen atoms in total. The van der Waals surface area contributed by atoms with E-state index < -0.39 is 6.10 Å². The number of ether oxygens (including phenoxy) is 1. The highest BCUT2D eigenvalue weighted by atomic mass is 16.5. The third-order valence-corrected chi connectivity index (χ3v) is 3.11. The summed E-state index contributed by atoms with van der Waals surface area (Å²) in [6.07, 6.45) is 4.55. The van der Waals surface area contributed by atoms with Crippen LogP contribution in [0.5, 0.6) is 5.75 Å². The highest BCUT2D eigenvalue weighted by Crippen LogP contribution is 2.21. The predicted octanol–water partition coefficient (Wildman–Crippen LogP) is 2.58. The maximum Gasteiger partial charge on any atom is 0.119 e. The van der Waals surface area contributed by atoms with Gasteiger partial charge in [0, 0.05) is 13.0 Å². The van der Waals surface area contributed by atoms with Gasteiger partial charge in [-0.3, -0.25) is 0 Å². The van der Waals surface area contributed by atoms with Gasteiger partial charge in [-0.15, -0.1) is 0 Å². The van der Waals surface area contributed by atoms with Crippen LogP contribution in [0.2, 0.25) is 0 Å². The van der Waals surface area contributed by atoms with Crippen molar-refractivity contribution in [3.05, 3.63) is 48.0 Å². The van der Waals surface area contributed by atoms with Crippen LogP contribution < -0.4 is 4.74 Å². The molecule has 0 spiro atoms. The lowest BCUT2D eigenvalue weighted by Gasteiger charge is -2.14. The summed E-state index contributed by atoms with van der Waals surface area (Å²) in [6.45, 7) is 2.99. The van der Waals surface area contributed by atoms with E-state index in [0.29, 0.717) is 6.42 Å². The minimum absolute atomic E-state index is 0.541. The van der Waals surface area contributed by atoms with Gasteiger partial charge in [-0.1, -0.05) is 19.1 Å². The number of hydrogen-bond donors (Lipinski definition) is 1. The van der Waals surface area contributed by atoms with Crippen molar-refractivity contribution in [2.24, 2.45) is 0 Å². The van der Waals surface area contributed by atoms with Gasteiger partial charge < -0.3 is 14.4 Å². The first-order valence-corrected chi connectivity index (χ1v) is 6.55. The first-order chi connectivity index (χ1) is 9.24. The van der Waals surface area contributed by atoms with Gasteiger partial charge in [-0.25, -0.2) is 4.98 Å². The first kappa shape index (κ1) is 13.6. The van der Waals surface area contributed by atoms with Crippen LogP contribution in [0.1, 0.15) is 30.7 Å². The summed E-state index contributed by atoms with van der Waals surface area (Å²) in [4.78, 5) is 4.12. The Kier molecular flexibility index (Phi) is 4.58. The highest BCUT2D eigenvalue weighted by molar-refractivity contribution is 5.29. The van der Waals surface area contributed by atoms with E-state index in [9.17, 15) is 5.11 Å². The van der Waals surface area contributed by atoms with E-state index in [1.54, 1.807) is 19.6 Å².